The Morgan fingerprint density at radius 1 is 1.32 bits per heavy atom. The zero-order valence-electron chi connectivity index (χ0n) is 12.5. The predicted molar refractivity (Wildman–Crippen MR) is 77.9 cm³/mol. The summed E-state index contributed by atoms with van der Waals surface area (Å²) in [4.78, 5) is 0. The van der Waals surface area contributed by atoms with E-state index in [0.717, 1.165) is 31.7 Å². The van der Waals surface area contributed by atoms with Crippen LogP contribution in [0.4, 0.5) is 4.39 Å². The van der Waals surface area contributed by atoms with Crippen molar-refractivity contribution < 1.29 is 9.13 Å². The number of hydrogen-bond acceptors (Lipinski definition) is 2. The van der Waals surface area contributed by atoms with E-state index in [2.05, 4.69) is 19.2 Å². The first-order valence-electron chi connectivity index (χ1n) is 6.99. The molecule has 0 amide bonds. The maximum atomic E-state index is 13.1. The van der Waals surface area contributed by atoms with Crippen LogP contribution in [0.5, 0.6) is 0 Å². The van der Waals surface area contributed by atoms with Gasteiger partial charge in [0, 0.05) is 13.7 Å². The molecule has 0 aromatic heterocycles. The summed E-state index contributed by atoms with van der Waals surface area (Å²) in [6.45, 7) is 9.04. The van der Waals surface area contributed by atoms with Gasteiger partial charge in [0.1, 0.15) is 5.82 Å². The quantitative estimate of drug-likeness (QED) is 0.730. The van der Waals surface area contributed by atoms with Gasteiger partial charge in [0.25, 0.3) is 0 Å². The van der Waals surface area contributed by atoms with Crippen LogP contribution >= 0.6 is 0 Å². The van der Waals surface area contributed by atoms with Crippen LogP contribution in [0.15, 0.2) is 18.2 Å². The lowest BCUT2D eigenvalue weighted by molar-refractivity contribution is 0.196. The maximum absolute atomic E-state index is 13.1. The van der Waals surface area contributed by atoms with Gasteiger partial charge in [-0.25, -0.2) is 4.39 Å². The van der Waals surface area contributed by atoms with E-state index < -0.39 is 0 Å². The van der Waals surface area contributed by atoms with Crippen LogP contribution in [0, 0.1) is 24.6 Å². The molecule has 1 aromatic carbocycles. The van der Waals surface area contributed by atoms with E-state index in [0.29, 0.717) is 11.8 Å². The van der Waals surface area contributed by atoms with E-state index in [4.69, 9.17) is 4.74 Å². The van der Waals surface area contributed by atoms with Gasteiger partial charge in [-0.05, 0) is 55.0 Å². The van der Waals surface area contributed by atoms with Crippen LogP contribution < -0.4 is 5.32 Å². The van der Waals surface area contributed by atoms with Crippen LogP contribution in [0.2, 0.25) is 0 Å². The maximum Gasteiger partial charge on any atom is 0.123 e. The fourth-order valence-corrected chi connectivity index (χ4v) is 2.18. The van der Waals surface area contributed by atoms with Crippen molar-refractivity contribution in [2.75, 3.05) is 26.8 Å². The zero-order valence-corrected chi connectivity index (χ0v) is 12.5. The lowest BCUT2D eigenvalue weighted by Crippen LogP contribution is -2.30. The van der Waals surface area contributed by atoms with E-state index >= 15 is 0 Å². The van der Waals surface area contributed by atoms with Crippen LogP contribution in [-0.2, 0) is 11.2 Å². The number of methoxy groups -OCH3 is 1. The largest absolute Gasteiger partial charge is 0.383 e. The van der Waals surface area contributed by atoms with Crippen molar-refractivity contribution in [3.63, 3.8) is 0 Å². The van der Waals surface area contributed by atoms with Crippen LogP contribution in [0.1, 0.15) is 25.0 Å². The fourth-order valence-electron chi connectivity index (χ4n) is 2.18. The number of ether oxygens (including phenoxy) is 1. The third-order valence-corrected chi connectivity index (χ3v) is 3.62. The van der Waals surface area contributed by atoms with Crippen molar-refractivity contribution in [3.05, 3.63) is 35.1 Å². The normalized spacial score (nSPS) is 12.9. The first-order chi connectivity index (χ1) is 9.04. The molecule has 1 aromatic rings. The summed E-state index contributed by atoms with van der Waals surface area (Å²) in [6, 6.07) is 5.08. The highest BCUT2D eigenvalue weighted by Gasteiger charge is 2.15. The van der Waals surface area contributed by atoms with Gasteiger partial charge in [-0.3, -0.25) is 0 Å². The van der Waals surface area contributed by atoms with Crippen LogP contribution in [0.25, 0.3) is 0 Å². The van der Waals surface area contributed by atoms with E-state index in [9.17, 15) is 4.39 Å². The van der Waals surface area contributed by atoms with Crippen molar-refractivity contribution in [1.29, 1.82) is 0 Å². The van der Waals surface area contributed by atoms with E-state index in [1.165, 1.54) is 5.56 Å². The summed E-state index contributed by atoms with van der Waals surface area (Å²) in [5, 5.41) is 3.42. The Morgan fingerprint density at radius 2 is 2.05 bits per heavy atom. The summed E-state index contributed by atoms with van der Waals surface area (Å²) in [7, 11) is 1.71. The lowest BCUT2D eigenvalue weighted by atomic mass is 9.87. The molecule has 0 aliphatic carbocycles. The van der Waals surface area contributed by atoms with Gasteiger partial charge >= 0.3 is 0 Å². The highest BCUT2D eigenvalue weighted by Crippen LogP contribution is 2.20. The first kappa shape index (κ1) is 16.1. The number of halogens is 1. The first-order valence-corrected chi connectivity index (χ1v) is 6.99. The summed E-state index contributed by atoms with van der Waals surface area (Å²) in [6.07, 6.45) is 0.990. The average Bonchev–Trinajstić information content (AvgIpc) is 2.35. The van der Waals surface area contributed by atoms with Crippen molar-refractivity contribution in [2.45, 2.75) is 27.2 Å². The molecule has 1 rings (SSSR count). The second-order valence-electron chi connectivity index (χ2n) is 5.48. The van der Waals surface area contributed by atoms with Gasteiger partial charge in [-0.15, -0.1) is 0 Å². The molecule has 0 radical (unpaired) electrons. The summed E-state index contributed by atoms with van der Waals surface area (Å²) in [5.41, 5.74) is 2.29. The van der Waals surface area contributed by atoms with Crippen molar-refractivity contribution >= 4 is 0 Å². The number of rotatable bonds is 8. The molecule has 2 nitrogen and oxygen atoms in total. The predicted octanol–water partition coefficient (Wildman–Crippen LogP) is 3.18. The molecule has 0 spiro atoms. The Balaban J connectivity index is 2.57. The SMILES string of the molecule is COCCNCC(Cc1ccc(F)cc1C)C(C)C. The van der Waals surface area contributed by atoms with Gasteiger partial charge in [0.2, 0.25) is 0 Å². The highest BCUT2D eigenvalue weighted by molar-refractivity contribution is 5.27. The molecule has 1 unspecified atom stereocenters. The summed E-state index contributed by atoms with van der Waals surface area (Å²) >= 11 is 0. The smallest absolute Gasteiger partial charge is 0.123 e. The van der Waals surface area contributed by atoms with Crippen LogP contribution in [0.3, 0.4) is 0 Å². The summed E-state index contributed by atoms with van der Waals surface area (Å²) in [5.74, 6) is 1.00. The minimum Gasteiger partial charge on any atom is -0.383 e. The van der Waals surface area contributed by atoms with Crippen molar-refractivity contribution in [1.82, 2.24) is 5.32 Å². The molecule has 19 heavy (non-hydrogen) atoms. The number of hydrogen-bond donors (Lipinski definition) is 1. The number of nitrogens with one attached hydrogen (secondary N) is 1. The van der Waals surface area contributed by atoms with Crippen molar-refractivity contribution in [2.24, 2.45) is 11.8 Å². The van der Waals surface area contributed by atoms with Crippen LogP contribution in [-0.4, -0.2) is 26.8 Å². The Morgan fingerprint density at radius 3 is 2.63 bits per heavy atom. The molecular weight excluding hydrogens is 241 g/mol. The van der Waals surface area contributed by atoms with Gasteiger partial charge in [0.05, 0.1) is 6.61 Å². The topological polar surface area (TPSA) is 21.3 Å². The van der Waals surface area contributed by atoms with E-state index in [1.807, 2.05) is 13.0 Å². The third kappa shape index (κ3) is 5.70. The minimum atomic E-state index is -0.152. The van der Waals surface area contributed by atoms with Gasteiger partial charge < -0.3 is 10.1 Å². The Labute approximate surface area is 116 Å². The highest BCUT2D eigenvalue weighted by atomic mass is 19.1. The average molecular weight is 267 g/mol. The third-order valence-electron chi connectivity index (χ3n) is 3.62. The molecule has 3 heteroatoms. The molecule has 0 saturated heterocycles. The lowest BCUT2D eigenvalue weighted by Gasteiger charge is -2.22. The fraction of sp³-hybridized carbons (Fsp3) is 0.625. The minimum absolute atomic E-state index is 0.152. The Hall–Kier alpha value is -0.930. The number of aryl methyl sites for hydroxylation is 1. The molecule has 0 fully saturated rings. The molecule has 0 bridgehead atoms. The van der Waals surface area contributed by atoms with E-state index in [-0.39, 0.29) is 5.82 Å². The van der Waals surface area contributed by atoms with Gasteiger partial charge in [-0.2, -0.15) is 0 Å². The molecule has 0 aliphatic heterocycles. The Kier molecular flexibility index (Phi) is 7.03. The molecule has 0 aliphatic rings. The monoisotopic (exact) mass is 267 g/mol. The molecule has 0 saturated carbocycles. The summed E-state index contributed by atoms with van der Waals surface area (Å²) < 4.78 is 18.1. The van der Waals surface area contributed by atoms with Crippen molar-refractivity contribution in [3.8, 4) is 0 Å². The Bertz CT molecular complexity index is 379. The second kappa shape index (κ2) is 8.28. The molecule has 1 atom stereocenters. The number of benzene rings is 1. The molecule has 1 N–H and O–H groups in total. The standard InChI is InChI=1S/C16H26FNO/c1-12(2)15(11-18-7-8-19-4)10-14-5-6-16(17)9-13(14)3/h5-6,9,12,15,18H,7-8,10-11H2,1-4H3. The van der Waals surface area contributed by atoms with Gasteiger partial charge in [0.15, 0.2) is 0 Å². The molecular formula is C16H26FNO. The second-order valence-corrected chi connectivity index (χ2v) is 5.48. The molecule has 108 valence electrons. The zero-order chi connectivity index (χ0) is 14.3. The molecule has 0 heterocycles. The van der Waals surface area contributed by atoms with Gasteiger partial charge in [-0.1, -0.05) is 19.9 Å². The van der Waals surface area contributed by atoms with E-state index in [1.54, 1.807) is 19.2 Å².